The molecule has 32 heavy (non-hydrogen) atoms. The molecule has 0 atom stereocenters. The first-order valence-electron chi connectivity index (χ1n) is 9.66. The van der Waals surface area contributed by atoms with Crippen molar-refractivity contribution in [1.29, 1.82) is 0 Å². The summed E-state index contributed by atoms with van der Waals surface area (Å²) in [6.07, 6.45) is 1.58. The van der Waals surface area contributed by atoms with Crippen LogP contribution in [-0.4, -0.2) is 16.8 Å². The van der Waals surface area contributed by atoms with Gasteiger partial charge in [-0.3, -0.25) is 9.69 Å². The van der Waals surface area contributed by atoms with Crippen molar-refractivity contribution in [3.8, 4) is 5.75 Å². The van der Waals surface area contributed by atoms with Gasteiger partial charge in [0.15, 0.2) is 0 Å². The molecule has 3 aromatic carbocycles. The average molecular weight is 563 g/mol. The number of imide groups is 1. The number of hydrogen-bond donors (Lipinski definition) is 1. The van der Waals surface area contributed by atoms with Crippen LogP contribution in [0.3, 0.4) is 0 Å². The van der Waals surface area contributed by atoms with E-state index in [9.17, 15) is 14.0 Å². The van der Waals surface area contributed by atoms with Gasteiger partial charge >= 0.3 is 6.03 Å². The number of amides is 3. The Hall–Kier alpha value is -2.91. The van der Waals surface area contributed by atoms with E-state index in [0.29, 0.717) is 17.4 Å². The molecule has 3 aromatic rings. The number of benzene rings is 3. The first-order chi connectivity index (χ1) is 15.4. The molecular weight excluding hydrogens is 546 g/mol. The van der Waals surface area contributed by atoms with Crippen molar-refractivity contribution < 1.29 is 18.7 Å². The molecule has 1 fully saturated rings. The maximum atomic E-state index is 13.9. The molecule has 1 saturated heterocycles. The lowest BCUT2D eigenvalue weighted by atomic mass is 10.1. The molecule has 0 radical (unpaired) electrons. The van der Waals surface area contributed by atoms with E-state index in [1.807, 2.05) is 30.3 Å². The third kappa shape index (κ3) is 4.94. The van der Waals surface area contributed by atoms with Gasteiger partial charge in [-0.15, -0.1) is 0 Å². The molecule has 1 heterocycles. The maximum absolute atomic E-state index is 13.9. The summed E-state index contributed by atoms with van der Waals surface area (Å²) in [4.78, 5) is 25.9. The van der Waals surface area contributed by atoms with Crippen molar-refractivity contribution in [3.05, 3.63) is 104 Å². The van der Waals surface area contributed by atoms with Gasteiger partial charge < -0.3 is 10.1 Å². The van der Waals surface area contributed by atoms with Crippen molar-refractivity contribution in [2.75, 3.05) is 0 Å². The number of ether oxygens (including phenoxy) is 1. The Bertz CT molecular complexity index is 1230. The number of hydrogen-bond acceptors (Lipinski definition) is 3. The highest BCUT2D eigenvalue weighted by Crippen LogP contribution is 2.26. The summed E-state index contributed by atoms with van der Waals surface area (Å²) in [5, 5.41) is 3.19. The fourth-order valence-electron chi connectivity index (χ4n) is 3.17. The Balaban J connectivity index is 1.47. The van der Waals surface area contributed by atoms with Crippen LogP contribution in [0.2, 0.25) is 5.02 Å². The molecule has 0 saturated carbocycles. The third-order valence-corrected chi connectivity index (χ3v) is 6.07. The zero-order valence-electron chi connectivity index (χ0n) is 16.6. The fourth-order valence-corrected chi connectivity index (χ4v) is 4.06. The average Bonchev–Trinajstić information content (AvgIpc) is 3.03. The summed E-state index contributed by atoms with van der Waals surface area (Å²) in [5.74, 6) is -0.296. The minimum Gasteiger partial charge on any atom is -0.488 e. The van der Waals surface area contributed by atoms with E-state index in [0.717, 1.165) is 19.6 Å². The highest BCUT2D eigenvalue weighted by Gasteiger charge is 2.34. The quantitative estimate of drug-likeness (QED) is 0.236. The zero-order valence-corrected chi connectivity index (χ0v) is 19.6. The van der Waals surface area contributed by atoms with Gasteiger partial charge in [-0.2, -0.15) is 0 Å². The first-order valence-corrected chi connectivity index (χ1v) is 11.1. The molecule has 0 aromatic heterocycles. The maximum Gasteiger partial charge on any atom is 0.329 e. The highest BCUT2D eigenvalue weighted by atomic mass is 127. The van der Waals surface area contributed by atoms with E-state index in [2.05, 4.69) is 27.9 Å². The van der Waals surface area contributed by atoms with Gasteiger partial charge in [0.05, 0.1) is 10.1 Å². The van der Waals surface area contributed by atoms with Gasteiger partial charge in [0.1, 0.15) is 23.9 Å². The summed E-state index contributed by atoms with van der Waals surface area (Å²) >= 11 is 8.31. The molecule has 5 nitrogen and oxygen atoms in total. The van der Waals surface area contributed by atoms with Crippen molar-refractivity contribution in [1.82, 2.24) is 10.2 Å². The Kier molecular flexibility index (Phi) is 6.76. The van der Waals surface area contributed by atoms with E-state index in [1.165, 1.54) is 6.07 Å². The summed E-state index contributed by atoms with van der Waals surface area (Å²) in [6, 6.07) is 18.4. The molecule has 0 aliphatic carbocycles. The molecule has 0 bridgehead atoms. The van der Waals surface area contributed by atoms with E-state index in [1.54, 1.807) is 36.4 Å². The molecule has 0 spiro atoms. The van der Waals surface area contributed by atoms with Crippen LogP contribution in [0.15, 0.2) is 72.4 Å². The van der Waals surface area contributed by atoms with Gasteiger partial charge in [-0.25, -0.2) is 9.18 Å². The summed E-state index contributed by atoms with van der Waals surface area (Å²) in [6.45, 7) is 0.191. The second-order valence-electron chi connectivity index (χ2n) is 7.04. The zero-order chi connectivity index (χ0) is 22.7. The van der Waals surface area contributed by atoms with Gasteiger partial charge in [0, 0.05) is 16.1 Å². The largest absolute Gasteiger partial charge is 0.488 e. The standard InChI is InChI=1S/C24H17ClFIN2O3/c25-18-7-3-1-6-17(18)14-32-22-10-9-15(11-20(22)27)12-21-23(30)29(24(31)28-21)13-16-5-2-4-8-19(16)26/h1-12H,13-14H2,(H,28,31)/b21-12+. The lowest BCUT2D eigenvalue weighted by molar-refractivity contribution is -0.123. The second kappa shape index (κ2) is 9.70. The number of carbonyl (C=O) groups excluding carboxylic acids is 2. The van der Waals surface area contributed by atoms with Crippen LogP contribution in [0, 0.1) is 9.39 Å². The van der Waals surface area contributed by atoms with Crippen LogP contribution in [0.1, 0.15) is 16.7 Å². The van der Waals surface area contributed by atoms with Gasteiger partial charge in [0.25, 0.3) is 5.91 Å². The van der Waals surface area contributed by atoms with Crippen LogP contribution in [0.4, 0.5) is 9.18 Å². The summed E-state index contributed by atoms with van der Waals surface area (Å²) in [7, 11) is 0. The Labute approximate surface area is 203 Å². The number of rotatable bonds is 6. The Morgan fingerprint density at radius 2 is 1.75 bits per heavy atom. The molecule has 1 N–H and O–H groups in total. The van der Waals surface area contributed by atoms with Crippen molar-refractivity contribution in [3.63, 3.8) is 0 Å². The van der Waals surface area contributed by atoms with Crippen LogP contribution < -0.4 is 10.1 Å². The fraction of sp³-hybridized carbons (Fsp3) is 0.0833. The minimum absolute atomic E-state index is 0.131. The lowest BCUT2D eigenvalue weighted by Gasteiger charge is -2.12. The molecule has 8 heteroatoms. The number of urea groups is 1. The van der Waals surface area contributed by atoms with E-state index in [4.69, 9.17) is 16.3 Å². The van der Waals surface area contributed by atoms with Crippen LogP contribution in [-0.2, 0) is 17.9 Å². The van der Waals surface area contributed by atoms with E-state index < -0.39 is 17.8 Å². The Morgan fingerprint density at radius 1 is 1.03 bits per heavy atom. The van der Waals surface area contributed by atoms with Crippen molar-refractivity contribution >= 4 is 52.2 Å². The molecule has 3 amide bonds. The van der Waals surface area contributed by atoms with Crippen LogP contribution in [0.5, 0.6) is 5.75 Å². The predicted molar refractivity (Wildman–Crippen MR) is 128 cm³/mol. The molecule has 1 aliphatic heterocycles. The third-order valence-electron chi connectivity index (χ3n) is 4.86. The smallest absolute Gasteiger partial charge is 0.329 e. The summed E-state index contributed by atoms with van der Waals surface area (Å²) in [5.41, 5.74) is 2.00. The topological polar surface area (TPSA) is 58.6 Å². The van der Waals surface area contributed by atoms with Crippen molar-refractivity contribution in [2.24, 2.45) is 0 Å². The normalized spacial score (nSPS) is 14.7. The number of halogens is 3. The van der Waals surface area contributed by atoms with Gasteiger partial charge in [0.2, 0.25) is 0 Å². The van der Waals surface area contributed by atoms with Gasteiger partial charge in [-0.05, 0) is 58.5 Å². The first kappa shape index (κ1) is 22.3. The molecule has 4 rings (SSSR count). The molecular formula is C24H17ClFIN2O3. The number of nitrogens with zero attached hydrogens (tertiary/aromatic N) is 1. The monoisotopic (exact) mass is 562 g/mol. The second-order valence-corrected chi connectivity index (χ2v) is 8.61. The number of nitrogens with one attached hydrogen (secondary N) is 1. The SMILES string of the molecule is O=C1N/C(=C/c2ccc(OCc3ccccc3Cl)c(I)c2)C(=O)N1Cc1ccccc1F. The van der Waals surface area contributed by atoms with Crippen molar-refractivity contribution in [2.45, 2.75) is 13.2 Å². The number of carbonyl (C=O) groups is 2. The predicted octanol–water partition coefficient (Wildman–Crippen LogP) is 5.76. The summed E-state index contributed by atoms with van der Waals surface area (Å²) < 4.78 is 20.6. The van der Waals surface area contributed by atoms with Crippen LogP contribution in [0.25, 0.3) is 6.08 Å². The molecule has 1 aliphatic rings. The van der Waals surface area contributed by atoms with E-state index >= 15 is 0 Å². The van der Waals surface area contributed by atoms with E-state index in [-0.39, 0.29) is 17.8 Å². The van der Waals surface area contributed by atoms with Gasteiger partial charge in [-0.1, -0.05) is 54.1 Å². The molecule has 162 valence electrons. The minimum atomic E-state index is -0.584. The van der Waals surface area contributed by atoms with Crippen LogP contribution >= 0.6 is 34.2 Å². The lowest BCUT2D eigenvalue weighted by Crippen LogP contribution is -2.30. The highest BCUT2D eigenvalue weighted by molar-refractivity contribution is 14.1. The Morgan fingerprint density at radius 3 is 2.47 bits per heavy atom. The molecule has 0 unspecified atom stereocenters.